The topological polar surface area (TPSA) is 47.6 Å². The first-order chi connectivity index (χ1) is 12.8. The summed E-state index contributed by atoms with van der Waals surface area (Å²) in [6.07, 6.45) is 1.40. The smallest absolute Gasteiger partial charge is 0.260 e. The SMILES string of the molecule is Cc1ccc(C)c(OC(C)C(=O)NCCCc2cccc(OC(C)C)c2)c1. The molecule has 27 heavy (non-hydrogen) atoms. The van der Waals surface area contributed by atoms with Crippen molar-refractivity contribution >= 4 is 5.91 Å². The molecule has 1 unspecified atom stereocenters. The Labute approximate surface area is 162 Å². The molecule has 4 nitrogen and oxygen atoms in total. The van der Waals surface area contributed by atoms with E-state index in [0.29, 0.717) is 6.54 Å². The van der Waals surface area contributed by atoms with Gasteiger partial charge in [0, 0.05) is 6.54 Å². The summed E-state index contributed by atoms with van der Waals surface area (Å²) in [6.45, 7) is 10.4. The van der Waals surface area contributed by atoms with Gasteiger partial charge >= 0.3 is 0 Å². The Morgan fingerprint density at radius 2 is 1.81 bits per heavy atom. The third kappa shape index (κ3) is 6.97. The Kier molecular flexibility index (Phi) is 7.71. The van der Waals surface area contributed by atoms with Crippen LogP contribution >= 0.6 is 0 Å². The van der Waals surface area contributed by atoms with Gasteiger partial charge in [-0.2, -0.15) is 0 Å². The molecule has 2 rings (SSSR count). The lowest BCUT2D eigenvalue weighted by molar-refractivity contribution is -0.127. The van der Waals surface area contributed by atoms with Gasteiger partial charge in [0.1, 0.15) is 11.5 Å². The van der Waals surface area contributed by atoms with Gasteiger partial charge in [-0.05, 0) is 82.3 Å². The number of ether oxygens (including phenoxy) is 2. The van der Waals surface area contributed by atoms with Crippen LogP contribution in [0.15, 0.2) is 42.5 Å². The van der Waals surface area contributed by atoms with Crippen molar-refractivity contribution in [1.82, 2.24) is 5.32 Å². The van der Waals surface area contributed by atoms with E-state index in [-0.39, 0.29) is 12.0 Å². The summed E-state index contributed by atoms with van der Waals surface area (Å²) >= 11 is 0. The second kappa shape index (κ2) is 10.0. The molecule has 0 heterocycles. The zero-order chi connectivity index (χ0) is 19.8. The monoisotopic (exact) mass is 369 g/mol. The Hall–Kier alpha value is -2.49. The van der Waals surface area contributed by atoms with E-state index in [9.17, 15) is 4.79 Å². The minimum atomic E-state index is -0.520. The van der Waals surface area contributed by atoms with Gasteiger partial charge in [-0.1, -0.05) is 24.3 Å². The molecule has 1 N–H and O–H groups in total. The van der Waals surface area contributed by atoms with Crippen LogP contribution < -0.4 is 14.8 Å². The molecule has 2 aromatic rings. The van der Waals surface area contributed by atoms with Crippen LogP contribution in [-0.2, 0) is 11.2 Å². The molecule has 0 fully saturated rings. The fourth-order valence-corrected chi connectivity index (χ4v) is 2.77. The van der Waals surface area contributed by atoms with E-state index in [0.717, 1.165) is 35.5 Å². The molecule has 2 aromatic carbocycles. The lowest BCUT2D eigenvalue weighted by atomic mass is 10.1. The van der Waals surface area contributed by atoms with E-state index in [2.05, 4.69) is 17.4 Å². The number of hydrogen-bond acceptors (Lipinski definition) is 3. The van der Waals surface area contributed by atoms with Gasteiger partial charge in [0.25, 0.3) is 5.91 Å². The lowest BCUT2D eigenvalue weighted by Crippen LogP contribution is -2.37. The first-order valence-corrected chi connectivity index (χ1v) is 9.62. The van der Waals surface area contributed by atoms with Crippen molar-refractivity contribution in [2.24, 2.45) is 0 Å². The van der Waals surface area contributed by atoms with Gasteiger partial charge in [-0.25, -0.2) is 0 Å². The molecule has 0 aliphatic heterocycles. The van der Waals surface area contributed by atoms with Crippen LogP contribution in [0, 0.1) is 13.8 Å². The van der Waals surface area contributed by atoms with Gasteiger partial charge < -0.3 is 14.8 Å². The molecular formula is C23H31NO3. The summed E-state index contributed by atoms with van der Waals surface area (Å²) in [4.78, 5) is 12.3. The van der Waals surface area contributed by atoms with Gasteiger partial charge in [0.05, 0.1) is 6.10 Å². The third-order valence-electron chi connectivity index (χ3n) is 4.23. The van der Waals surface area contributed by atoms with Crippen LogP contribution in [0.5, 0.6) is 11.5 Å². The van der Waals surface area contributed by atoms with Crippen molar-refractivity contribution in [3.05, 3.63) is 59.2 Å². The zero-order valence-corrected chi connectivity index (χ0v) is 17.0. The van der Waals surface area contributed by atoms with E-state index < -0.39 is 6.10 Å². The van der Waals surface area contributed by atoms with Crippen molar-refractivity contribution in [3.63, 3.8) is 0 Å². The Morgan fingerprint density at radius 1 is 1.04 bits per heavy atom. The molecule has 0 saturated heterocycles. The van der Waals surface area contributed by atoms with Crippen LogP contribution in [0.25, 0.3) is 0 Å². The van der Waals surface area contributed by atoms with Crippen LogP contribution in [0.4, 0.5) is 0 Å². The summed E-state index contributed by atoms with van der Waals surface area (Å²) in [5, 5.41) is 2.96. The maximum absolute atomic E-state index is 12.3. The summed E-state index contributed by atoms with van der Waals surface area (Å²) < 4.78 is 11.5. The first-order valence-electron chi connectivity index (χ1n) is 9.62. The molecule has 0 saturated carbocycles. The standard InChI is InChI=1S/C23H31NO3/c1-16(2)26-21-10-6-8-20(15-21)9-7-13-24-23(25)19(5)27-22-14-17(3)11-12-18(22)4/h6,8,10-12,14-16,19H,7,9,13H2,1-5H3,(H,24,25). The van der Waals surface area contributed by atoms with Crippen molar-refractivity contribution in [2.75, 3.05) is 6.54 Å². The minimum Gasteiger partial charge on any atom is -0.491 e. The van der Waals surface area contributed by atoms with Crippen molar-refractivity contribution in [2.45, 2.75) is 59.7 Å². The number of amides is 1. The van der Waals surface area contributed by atoms with Crippen molar-refractivity contribution < 1.29 is 14.3 Å². The molecule has 0 aromatic heterocycles. The van der Waals surface area contributed by atoms with E-state index in [1.807, 2.05) is 58.0 Å². The van der Waals surface area contributed by atoms with Crippen molar-refractivity contribution in [3.8, 4) is 11.5 Å². The molecular weight excluding hydrogens is 338 g/mol. The fourth-order valence-electron chi connectivity index (χ4n) is 2.77. The second-order valence-corrected chi connectivity index (χ2v) is 7.24. The summed E-state index contributed by atoms with van der Waals surface area (Å²) in [7, 11) is 0. The average Bonchev–Trinajstić information content (AvgIpc) is 2.61. The molecule has 0 aliphatic carbocycles. The van der Waals surface area contributed by atoms with E-state index in [4.69, 9.17) is 9.47 Å². The molecule has 0 radical (unpaired) electrons. The van der Waals surface area contributed by atoms with Gasteiger partial charge in [0.15, 0.2) is 6.10 Å². The highest BCUT2D eigenvalue weighted by molar-refractivity contribution is 5.80. The second-order valence-electron chi connectivity index (χ2n) is 7.24. The maximum Gasteiger partial charge on any atom is 0.260 e. The maximum atomic E-state index is 12.3. The summed E-state index contributed by atoms with van der Waals surface area (Å²) in [6, 6.07) is 14.1. The Morgan fingerprint density at radius 3 is 2.56 bits per heavy atom. The first kappa shape index (κ1) is 20.8. The Bertz CT molecular complexity index is 755. The van der Waals surface area contributed by atoms with Crippen LogP contribution in [0.1, 0.15) is 43.9 Å². The minimum absolute atomic E-state index is 0.0900. The predicted octanol–water partition coefficient (Wildman–Crippen LogP) is 4.61. The van der Waals surface area contributed by atoms with Crippen LogP contribution in [-0.4, -0.2) is 24.7 Å². The number of carbonyl (C=O) groups excluding carboxylic acids is 1. The van der Waals surface area contributed by atoms with Crippen molar-refractivity contribution in [1.29, 1.82) is 0 Å². The Balaban J connectivity index is 1.76. The highest BCUT2D eigenvalue weighted by Crippen LogP contribution is 2.20. The van der Waals surface area contributed by atoms with Crippen LogP contribution in [0.3, 0.4) is 0 Å². The normalized spacial score (nSPS) is 11.9. The lowest BCUT2D eigenvalue weighted by Gasteiger charge is -2.17. The third-order valence-corrected chi connectivity index (χ3v) is 4.23. The number of rotatable bonds is 9. The van der Waals surface area contributed by atoms with Gasteiger partial charge in [-0.3, -0.25) is 4.79 Å². The predicted molar refractivity (Wildman–Crippen MR) is 110 cm³/mol. The summed E-state index contributed by atoms with van der Waals surface area (Å²) in [5.74, 6) is 1.56. The zero-order valence-electron chi connectivity index (χ0n) is 17.0. The number of hydrogen-bond donors (Lipinski definition) is 1. The molecule has 1 atom stereocenters. The fraction of sp³-hybridized carbons (Fsp3) is 0.435. The number of nitrogens with one attached hydrogen (secondary N) is 1. The largest absolute Gasteiger partial charge is 0.491 e. The molecule has 0 aliphatic rings. The average molecular weight is 370 g/mol. The molecule has 0 bridgehead atoms. The molecule has 146 valence electrons. The van der Waals surface area contributed by atoms with E-state index in [1.165, 1.54) is 5.56 Å². The molecule has 4 heteroatoms. The molecule has 0 spiro atoms. The van der Waals surface area contributed by atoms with E-state index in [1.54, 1.807) is 6.92 Å². The number of carbonyl (C=O) groups is 1. The quantitative estimate of drug-likeness (QED) is 0.657. The van der Waals surface area contributed by atoms with E-state index >= 15 is 0 Å². The highest BCUT2D eigenvalue weighted by Gasteiger charge is 2.15. The number of aryl methyl sites for hydroxylation is 3. The number of benzene rings is 2. The van der Waals surface area contributed by atoms with Gasteiger partial charge in [-0.15, -0.1) is 0 Å². The van der Waals surface area contributed by atoms with Crippen LogP contribution in [0.2, 0.25) is 0 Å². The highest BCUT2D eigenvalue weighted by atomic mass is 16.5. The molecule has 1 amide bonds. The van der Waals surface area contributed by atoms with Gasteiger partial charge in [0.2, 0.25) is 0 Å². The summed E-state index contributed by atoms with van der Waals surface area (Å²) in [5.41, 5.74) is 3.36.